The number of carbonyl (C=O) groups excluding carboxylic acids is 2. The Balaban J connectivity index is 1.39. The maximum Gasteiger partial charge on any atom is 0.238 e. The summed E-state index contributed by atoms with van der Waals surface area (Å²) in [4.78, 5) is 28.6. The summed E-state index contributed by atoms with van der Waals surface area (Å²) in [5.41, 5.74) is 1.91. The standard InChI is InChI=1S/C22H27N3O3/c1-28-20-9-5-6-18(16-20)10-11-22(27)25-14-12-24(13-15-25)17-21(26)23-19-7-3-2-4-8-19/h2-9,16H,10-15,17H2,1H3,(H,23,26). The fourth-order valence-corrected chi connectivity index (χ4v) is 3.32. The second-order valence-electron chi connectivity index (χ2n) is 6.92. The van der Waals surface area contributed by atoms with E-state index in [2.05, 4.69) is 10.2 Å². The van der Waals surface area contributed by atoms with Crippen molar-refractivity contribution in [2.75, 3.05) is 45.2 Å². The molecule has 28 heavy (non-hydrogen) atoms. The van der Waals surface area contributed by atoms with Crippen molar-refractivity contribution in [3.8, 4) is 5.75 Å². The van der Waals surface area contributed by atoms with Crippen LogP contribution in [-0.2, 0) is 16.0 Å². The summed E-state index contributed by atoms with van der Waals surface area (Å²) in [7, 11) is 1.64. The Morgan fingerprint density at radius 1 is 1.00 bits per heavy atom. The van der Waals surface area contributed by atoms with Crippen LogP contribution in [0.1, 0.15) is 12.0 Å². The Kier molecular flexibility index (Phi) is 7.03. The average Bonchev–Trinajstić information content (AvgIpc) is 2.73. The topological polar surface area (TPSA) is 61.9 Å². The molecule has 3 rings (SSSR count). The summed E-state index contributed by atoms with van der Waals surface area (Å²) >= 11 is 0. The predicted molar refractivity (Wildman–Crippen MR) is 109 cm³/mol. The number of nitrogens with zero attached hydrogens (tertiary/aromatic N) is 2. The number of amides is 2. The lowest BCUT2D eigenvalue weighted by Gasteiger charge is -2.34. The highest BCUT2D eigenvalue weighted by atomic mass is 16.5. The van der Waals surface area contributed by atoms with E-state index in [0.29, 0.717) is 45.6 Å². The number of carbonyl (C=O) groups is 2. The summed E-state index contributed by atoms with van der Waals surface area (Å²) in [5, 5.41) is 2.90. The molecule has 0 aliphatic carbocycles. The second-order valence-corrected chi connectivity index (χ2v) is 6.92. The van der Waals surface area contributed by atoms with Crippen LogP contribution in [0.15, 0.2) is 54.6 Å². The molecule has 0 atom stereocenters. The maximum atomic E-state index is 12.5. The molecule has 1 aliphatic heterocycles. The van der Waals surface area contributed by atoms with Crippen LogP contribution < -0.4 is 10.1 Å². The summed E-state index contributed by atoms with van der Waals surface area (Å²) in [6.07, 6.45) is 1.19. The average molecular weight is 381 g/mol. The van der Waals surface area contributed by atoms with Gasteiger partial charge in [0.1, 0.15) is 5.75 Å². The minimum Gasteiger partial charge on any atom is -0.497 e. The monoisotopic (exact) mass is 381 g/mol. The van der Waals surface area contributed by atoms with Gasteiger partial charge in [-0.05, 0) is 36.2 Å². The molecule has 1 saturated heterocycles. The normalized spacial score (nSPS) is 14.5. The molecule has 2 aromatic carbocycles. The highest BCUT2D eigenvalue weighted by molar-refractivity contribution is 5.92. The van der Waals surface area contributed by atoms with Gasteiger partial charge in [-0.3, -0.25) is 14.5 Å². The van der Waals surface area contributed by atoms with Crippen molar-refractivity contribution in [1.82, 2.24) is 9.80 Å². The van der Waals surface area contributed by atoms with Crippen LogP contribution in [0.3, 0.4) is 0 Å². The number of rotatable bonds is 7. The first-order valence-electron chi connectivity index (χ1n) is 9.62. The van der Waals surface area contributed by atoms with E-state index in [0.717, 1.165) is 17.0 Å². The molecule has 2 aromatic rings. The van der Waals surface area contributed by atoms with Gasteiger partial charge in [-0.25, -0.2) is 0 Å². The van der Waals surface area contributed by atoms with E-state index >= 15 is 0 Å². The molecule has 1 N–H and O–H groups in total. The molecule has 0 aromatic heterocycles. The van der Waals surface area contributed by atoms with Gasteiger partial charge in [0.2, 0.25) is 11.8 Å². The highest BCUT2D eigenvalue weighted by Gasteiger charge is 2.22. The second kappa shape index (κ2) is 9.90. The molecule has 6 heteroatoms. The molecule has 1 heterocycles. The predicted octanol–water partition coefficient (Wildman–Crippen LogP) is 2.41. The third-order valence-electron chi connectivity index (χ3n) is 4.91. The minimum absolute atomic E-state index is 0.0241. The quantitative estimate of drug-likeness (QED) is 0.800. The number of ether oxygens (including phenoxy) is 1. The number of piperazine rings is 1. The molecule has 6 nitrogen and oxygen atoms in total. The zero-order chi connectivity index (χ0) is 19.8. The molecule has 0 spiro atoms. The largest absolute Gasteiger partial charge is 0.497 e. The van der Waals surface area contributed by atoms with E-state index in [1.165, 1.54) is 0 Å². The van der Waals surface area contributed by atoms with Gasteiger partial charge in [-0.15, -0.1) is 0 Å². The third-order valence-corrected chi connectivity index (χ3v) is 4.91. The van der Waals surface area contributed by atoms with Crippen molar-refractivity contribution in [3.63, 3.8) is 0 Å². The van der Waals surface area contributed by atoms with Gasteiger partial charge in [0.05, 0.1) is 13.7 Å². The zero-order valence-corrected chi connectivity index (χ0v) is 16.3. The maximum absolute atomic E-state index is 12.5. The van der Waals surface area contributed by atoms with E-state index in [1.54, 1.807) is 7.11 Å². The number of hydrogen-bond acceptors (Lipinski definition) is 4. The molecular formula is C22H27N3O3. The molecule has 2 amide bonds. The Bertz CT molecular complexity index is 787. The van der Waals surface area contributed by atoms with Crippen LogP contribution in [-0.4, -0.2) is 61.4 Å². The van der Waals surface area contributed by atoms with Gasteiger partial charge < -0.3 is 15.0 Å². The number of benzene rings is 2. The van der Waals surface area contributed by atoms with E-state index in [9.17, 15) is 9.59 Å². The van der Waals surface area contributed by atoms with E-state index in [-0.39, 0.29) is 11.8 Å². The smallest absolute Gasteiger partial charge is 0.238 e. The molecule has 1 fully saturated rings. The number of aryl methyl sites for hydroxylation is 1. The van der Waals surface area contributed by atoms with Gasteiger partial charge in [0, 0.05) is 38.3 Å². The van der Waals surface area contributed by atoms with Crippen molar-refractivity contribution in [2.24, 2.45) is 0 Å². The first kappa shape index (κ1) is 19.9. The lowest BCUT2D eigenvalue weighted by atomic mass is 10.1. The SMILES string of the molecule is COc1cccc(CCC(=O)N2CCN(CC(=O)Nc3ccccc3)CC2)c1. The van der Waals surface area contributed by atoms with Gasteiger partial charge >= 0.3 is 0 Å². The van der Waals surface area contributed by atoms with Gasteiger partial charge in [-0.1, -0.05) is 30.3 Å². The van der Waals surface area contributed by atoms with Gasteiger partial charge in [0.25, 0.3) is 0 Å². The van der Waals surface area contributed by atoms with Gasteiger partial charge in [-0.2, -0.15) is 0 Å². The number of hydrogen-bond donors (Lipinski definition) is 1. The van der Waals surface area contributed by atoms with Gasteiger partial charge in [0.15, 0.2) is 0 Å². The van der Waals surface area contributed by atoms with Crippen molar-refractivity contribution in [3.05, 3.63) is 60.2 Å². The van der Waals surface area contributed by atoms with Crippen LogP contribution in [0.25, 0.3) is 0 Å². The molecule has 0 bridgehead atoms. The first-order valence-corrected chi connectivity index (χ1v) is 9.62. The molecule has 0 radical (unpaired) electrons. The molecular weight excluding hydrogens is 354 g/mol. The van der Waals surface area contributed by atoms with Crippen LogP contribution >= 0.6 is 0 Å². The summed E-state index contributed by atoms with van der Waals surface area (Å²) < 4.78 is 5.23. The third kappa shape index (κ3) is 5.82. The van der Waals surface area contributed by atoms with Crippen LogP contribution in [0.2, 0.25) is 0 Å². The number of para-hydroxylation sites is 1. The molecule has 148 valence electrons. The van der Waals surface area contributed by atoms with E-state index in [4.69, 9.17) is 4.74 Å². The fraction of sp³-hybridized carbons (Fsp3) is 0.364. The lowest BCUT2D eigenvalue weighted by Crippen LogP contribution is -2.50. The highest BCUT2D eigenvalue weighted by Crippen LogP contribution is 2.15. The Labute approximate surface area is 166 Å². The number of methoxy groups -OCH3 is 1. The molecule has 0 unspecified atom stereocenters. The van der Waals surface area contributed by atoms with E-state index < -0.39 is 0 Å². The van der Waals surface area contributed by atoms with Crippen molar-refractivity contribution >= 4 is 17.5 Å². The number of anilines is 1. The van der Waals surface area contributed by atoms with Crippen molar-refractivity contribution in [2.45, 2.75) is 12.8 Å². The van der Waals surface area contributed by atoms with E-state index in [1.807, 2.05) is 59.5 Å². The lowest BCUT2D eigenvalue weighted by molar-refractivity contribution is -0.133. The zero-order valence-electron chi connectivity index (χ0n) is 16.3. The first-order chi connectivity index (χ1) is 13.6. The van der Waals surface area contributed by atoms with Crippen LogP contribution in [0.4, 0.5) is 5.69 Å². The summed E-state index contributed by atoms with van der Waals surface area (Å²) in [6, 6.07) is 17.3. The van der Waals surface area contributed by atoms with Crippen LogP contribution in [0.5, 0.6) is 5.75 Å². The number of nitrogens with one attached hydrogen (secondary N) is 1. The Morgan fingerprint density at radius 2 is 1.75 bits per heavy atom. The van der Waals surface area contributed by atoms with Crippen molar-refractivity contribution < 1.29 is 14.3 Å². The molecule has 1 aliphatic rings. The van der Waals surface area contributed by atoms with Crippen LogP contribution in [0, 0.1) is 0 Å². The summed E-state index contributed by atoms with van der Waals surface area (Å²) in [5.74, 6) is 0.951. The Hall–Kier alpha value is -2.86. The summed E-state index contributed by atoms with van der Waals surface area (Å²) in [6.45, 7) is 3.10. The fourth-order valence-electron chi connectivity index (χ4n) is 3.32. The molecule has 0 saturated carbocycles. The minimum atomic E-state index is -0.0241. The van der Waals surface area contributed by atoms with Crippen molar-refractivity contribution in [1.29, 1.82) is 0 Å². The Morgan fingerprint density at radius 3 is 2.46 bits per heavy atom.